The number of rotatable bonds is 45. The largest absolute Gasteiger partial charge is 0.472 e. The molecule has 0 rings (SSSR count). The van der Waals surface area contributed by atoms with Gasteiger partial charge in [-0.15, -0.1) is 0 Å². The lowest BCUT2D eigenvalue weighted by molar-refractivity contribution is -0.161. The Morgan fingerprint density at radius 1 is 0.500 bits per heavy atom. The quantitative estimate of drug-likeness (QED) is 0.0260. The van der Waals surface area contributed by atoms with Crippen molar-refractivity contribution in [1.29, 1.82) is 0 Å². The number of carbonyl (C=O) groups is 3. The van der Waals surface area contributed by atoms with Gasteiger partial charge >= 0.3 is 25.9 Å². The minimum absolute atomic E-state index is 0.0639. The van der Waals surface area contributed by atoms with Crippen molar-refractivity contribution in [1.82, 2.24) is 5.32 Å². The number of hydrogen-bond acceptors (Lipinski definition) is 10. The van der Waals surface area contributed by atoms with Crippen molar-refractivity contribution in [3.05, 3.63) is 0 Å². The molecule has 0 aliphatic rings. The highest BCUT2D eigenvalue weighted by atomic mass is 31.2. The lowest BCUT2D eigenvalue weighted by atomic mass is 10.0. The van der Waals surface area contributed by atoms with Gasteiger partial charge in [-0.2, -0.15) is 0 Å². The zero-order chi connectivity index (χ0) is 42.6. The van der Waals surface area contributed by atoms with Crippen molar-refractivity contribution in [2.75, 3.05) is 46.7 Å². The molecule has 0 aliphatic heterocycles. The van der Waals surface area contributed by atoms with Crippen molar-refractivity contribution in [3.8, 4) is 0 Å². The summed E-state index contributed by atoms with van der Waals surface area (Å²) in [7, 11) is -3.09. The number of alkyl carbamates (subject to hydrolysis) is 1. The van der Waals surface area contributed by atoms with E-state index in [4.69, 9.17) is 28.0 Å². The average molecular weight is 850 g/mol. The summed E-state index contributed by atoms with van der Waals surface area (Å²) < 4.78 is 43.1. The van der Waals surface area contributed by atoms with E-state index >= 15 is 0 Å². The van der Waals surface area contributed by atoms with E-state index < -0.39 is 38.6 Å². The first-order chi connectivity index (χ1) is 28.2. The molecule has 0 aromatic carbocycles. The van der Waals surface area contributed by atoms with Gasteiger partial charge in [0.15, 0.2) is 6.10 Å². The van der Waals surface area contributed by atoms with E-state index in [9.17, 15) is 23.8 Å². The fourth-order valence-corrected chi connectivity index (χ4v) is 7.45. The van der Waals surface area contributed by atoms with Crippen LogP contribution in [0.5, 0.6) is 0 Å². The van der Waals surface area contributed by atoms with Crippen LogP contribution in [0.1, 0.15) is 219 Å². The minimum atomic E-state index is -4.57. The number of hydrogen-bond donors (Lipinski definition) is 2. The fraction of sp³-hybridized carbons (Fsp3) is 0.933. The third kappa shape index (κ3) is 42.4. The number of unbranched alkanes of at least 4 members (excludes halogenated alkanes) is 28. The first-order valence-corrected chi connectivity index (χ1v) is 25.1. The molecule has 0 bridgehead atoms. The van der Waals surface area contributed by atoms with Crippen LogP contribution in [0.3, 0.4) is 0 Å². The summed E-state index contributed by atoms with van der Waals surface area (Å²) in [5.41, 5.74) is 0. The topological polar surface area (TPSA) is 156 Å². The van der Waals surface area contributed by atoms with Gasteiger partial charge in [0.2, 0.25) is 0 Å². The molecule has 12 nitrogen and oxygen atoms in total. The van der Waals surface area contributed by atoms with Crippen LogP contribution in [-0.4, -0.2) is 75.7 Å². The van der Waals surface area contributed by atoms with Gasteiger partial charge in [0.1, 0.15) is 13.2 Å². The van der Waals surface area contributed by atoms with Gasteiger partial charge in [0.05, 0.1) is 19.8 Å². The molecule has 0 spiro atoms. The summed E-state index contributed by atoms with van der Waals surface area (Å²) in [6.07, 6.45) is 35.5. The molecular weight excluding hydrogens is 761 g/mol. The lowest BCUT2D eigenvalue weighted by Gasteiger charge is -2.20. The van der Waals surface area contributed by atoms with Crippen LogP contribution in [0.2, 0.25) is 0 Å². The van der Waals surface area contributed by atoms with Crippen molar-refractivity contribution in [2.45, 2.75) is 225 Å². The van der Waals surface area contributed by atoms with Crippen molar-refractivity contribution in [2.24, 2.45) is 0 Å². The van der Waals surface area contributed by atoms with E-state index in [0.29, 0.717) is 12.8 Å². The van der Waals surface area contributed by atoms with E-state index in [1.165, 1.54) is 155 Å². The second-order valence-corrected chi connectivity index (χ2v) is 17.3. The number of phosphoric acid groups is 1. The molecule has 0 aliphatic carbocycles. The van der Waals surface area contributed by atoms with E-state index in [1.54, 1.807) is 0 Å². The summed E-state index contributed by atoms with van der Waals surface area (Å²) >= 11 is 0. The Hall–Kier alpha value is -1.72. The molecule has 0 saturated heterocycles. The molecular formula is C45H88NO11P. The van der Waals surface area contributed by atoms with Crippen LogP contribution in [-0.2, 0) is 42.1 Å². The third-order valence-corrected chi connectivity index (χ3v) is 11.3. The molecule has 2 N–H and O–H groups in total. The fourth-order valence-electron chi connectivity index (χ4n) is 6.70. The highest BCUT2D eigenvalue weighted by Crippen LogP contribution is 2.43. The van der Waals surface area contributed by atoms with Crippen molar-refractivity contribution >= 4 is 25.9 Å². The van der Waals surface area contributed by atoms with E-state index in [1.807, 2.05) is 0 Å². The monoisotopic (exact) mass is 850 g/mol. The summed E-state index contributed by atoms with van der Waals surface area (Å²) in [6, 6.07) is 0. The number of phosphoric ester groups is 1. The lowest BCUT2D eigenvalue weighted by Crippen LogP contribution is -2.30. The normalized spacial score (nSPS) is 12.9. The van der Waals surface area contributed by atoms with Gasteiger partial charge in [-0.05, 0) is 12.8 Å². The Kier molecular flexibility index (Phi) is 42.1. The van der Waals surface area contributed by atoms with E-state index in [2.05, 4.69) is 19.2 Å². The maximum atomic E-state index is 12.7. The van der Waals surface area contributed by atoms with Gasteiger partial charge in [0.25, 0.3) is 0 Å². The predicted molar refractivity (Wildman–Crippen MR) is 233 cm³/mol. The Bertz CT molecular complexity index is 986. The Labute approximate surface area is 354 Å². The van der Waals surface area contributed by atoms with Crippen LogP contribution in [0.25, 0.3) is 0 Å². The third-order valence-electron chi connectivity index (χ3n) is 10.3. The molecule has 0 fully saturated rings. The zero-order valence-electron chi connectivity index (χ0n) is 37.4. The molecule has 344 valence electrons. The van der Waals surface area contributed by atoms with Crippen molar-refractivity contribution in [3.63, 3.8) is 0 Å². The number of carbonyl (C=O) groups excluding carboxylic acids is 3. The molecule has 0 saturated carbocycles. The SMILES string of the molecule is CCCCCCCCCCCCCCCCCC(=O)OC[C@H](COP(=O)(O)OCCNC(=O)OCCOC)OC(=O)CCCCCCCCCCCCCCCCC. The molecule has 0 aromatic heterocycles. The number of nitrogens with one attached hydrogen (secondary N) is 1. The minimum Gasteiger partial charge on any atom is -0.462 e. The molecule has 58 heavy (non-hydrogen) atoms. The van der Waals surface area contributed by atoms with E-state index in [0.717, 1.165) is 32.1 Å². The first-order valence-electron chi connectivity index (χ1n) is 23.6. The van der Waals surface area contributed by atoms with E-state index in [-0.39, 0.29) is 45.8 Å². The standard InChI is InChI=1S/C45H88NO11P/c1-4-6-8-10-12-14-16-18-20-22-24-26-28-30-32-34-43(47)54-40-42(41-56-58(50,51)55-37-36-46-45(49)53-39-38-52-3)57-44(48)35-33-31-29-27-25-23-21-19-17-15-13-11-9-7-5-2/h42H,4-41H2,1-3H3,(H,46,49)(H,50,51)/t42-/m1/s1. The molecule has 0 heterocycles. The predicted octanol–water partition coefficient (Wildman–Crippen LogP) is 12.5. The van der Waals surface area contributed by atoms with Crippen LogP contribution in [0, 0.1) is 0 Å². The molecule has 2 atom stereocenters. The van der Waals surface area contributed by atoms with Gasteiger partial charge < -0.3 is 29.2 Å². The first kappa shape index (κ1) is 56.3. The van der Waals surface area contributed by atoms with Gasteiger partial charge in [-0.3, -0.25) is 18.6 Å². The van der Waals surface area contributed by atoms with Crippen LogP contribution >= 0.6 is 7.82 Å². The summed E-state index contributed by atoms with van der Waals surface area (Å²) in [4.78, 5) is 47.0. The Balaban J connectivity index is 4.42. The highest BCUT2D eigenvalue weighted by Gasteiger charge is 2.26. The second kappa shape index (κ2) is 43.4. The number of ether oxygens (including phenoxy) is 4. The van der Waals surface area contributed by atoms with Crippen molar-refractivity contribution < 1.29 is 51.8 Å². The maximum absolute atomic E-state index is 12.7. The summed E-state index contributed by atoms with van der Waals surface area (Å²) in [5, 5.41) is 2.38. The van der Waals surface area contributed by atoms with Gasteiger partial charge in [0, 0.05) is 26.5 Å². The molecule has 1 unspecified atom stereocenters. The Morgan fingerprint density at radius 2 is 0.897 bits per heavy atom. The number of esters is 2. The van der Waals surface area contributed by atoms with Crippen LogP contribution in [0.15, 0.2) is 0 Å². The number of amides is 1. The molecule has 0 aromatic rings. The molecule has 1 amide bonds. The second-order valence-electron chi connectivity index (χ2n) is 15.8. The molecule has 0 radical (unpaired) electrons. The highest BCUT2D eigenvalue weighted by molar-refractivity contribution is 7.47. The summed E-state index contributed by atoms with van der Waals surface area (Å²) in [6.45, 7) is 3.58. The van der Waals surface area contributed by atoms with Gasteiger partial charge in [-0.25, -0.2) is 9.36 Å². The summed E-state index contributed by atoms with van der Waals surface area (Å²) in [5.74, 6) is -0.892. The zero-order valence-corrected chi connectivity index (χ0v) is 38.3. The smallest absolute Gasteiger partial charge is 0.462 e. The number of methoxy groups -OCH3 is 1. The Morgan fingerprint density at radius 3 is 1.31 bits per heavy atom. The van der Waals surface area contributed by atoms with Gasteiger partial charge in [-0.1, -0.05) is 194 Å². The van der Waals surface area contributed by atoms with Crippen LogP contribution < -0.4 is 5.32 Å². The van der Waals surface area contributed by atoms with Crippen LogP contribution in [0.4, 0.5) is 4.79 Å². The average Bonchev–Trinajstić information content (AvgIpc) is 3.20. The molecule has 13 heteroatoms. The maximum Gasteiger partial charge on any atom is 0.472 e.